The number of nitrogens with one attached hydrogen (secondary N) is 1. The van der Waals surface area contributed by atoms with Crippen LogP contribution in [0.1, 0.15) is 19.3 Å². The molecule has 0 saturated carbocycles. The van der Waals surface area contributed by atoms with Crippen LogP contribution in [-0.4, -0.2) is 53.5 Å². The third-order valence-corrected chi connectivity index (χ3v) is 6.62. The number of aliphatic imine (C=N–C) groups is 1. The number of thioether (sulfide) groups is 1. The Hall–Kier alpha value is -2.55. The number of hydrogen-bond acceptors (Lipinski definition) is 6. The first-order chi connectivity index (χ1) is 15.5. The standard InChI is InChI=1S/C23H24ClN3O4S/c1-30-18-9-7-16(8-10-18)26-23-27(14-19-6-3-11-31-19)22(29)20(32-23)13-21(28)25-17-5-2-4-15(24)12-17/h2,4-5,7-10,12,19-20H,3,6,11,13-14H2,1H3,(H,25,28)/t19-,20+/m1/s1. The summed E-state index contributed by atoms with van der Waals surface area (Å²) in [4.78, 5) is 32.1. The van der Waals surface area contributed by atoms with Crippen LogP contribution in [0.2, 0.25) is 5.02 Å². The van der Waals surface area contributed by atoms with Crippen molar-refractivity contribution in [1.82, 2.24) is 4.90 Å². The number of benzene rings is 2. The van der Waals surface area contributed by atoms with Gasteiger partial charge in [-0.05, 0) is 55.3 Å². The number of anilines is 1. The molecule has 1 N–H and O–H groups in total. The van der Waals surface area contributed by atoms with E-state index in [-0.39, 0.29) is 24.3 Å². The highest BCUT2D eigenvalue weighted by atomic mass is 35.5. The lowest BCUT2D eigenvalue weighted by Gasteiger charge is -2.20. The molecule has 2 aromatic carbocycles. The average Bonchev–Trinajstić information content (AvgIpc) is 3.39. The predicted molar refractivity (Wildman–Crippen MR) is 127 cm³/mol. The summed E-state index contributed by atoms with van der Waals surface area (Å²) >= 11 is 7.30. The van der Waals surface area contributed by atoms with Crippen LogP contribution in [-0.2, 0) is 14.3 Å². The van der Waals surface area contributed by atoms with Crippen LogP contribution < -0.4 is 10.1 Å². The van der Waals surface area contributed by atoms with Gasteiger partial charge in [-0.3, -0.25) is 14.5 Å². The molecule has 0 bridgehead atoms. The lowest BCUT2D eigenvalue weighted by atomic mass is 10.2. The van der Waals surface area contributed by atoms with Gasteiger partial charge in [0, 0.05) is 23.7 Å². The number of rotatable bonds is 7. The highest BCUT2D eigenvalue weighted by Gasteiger charge is 2.40. The van der Waals surface area contributed by atoms with Crippen LogP contribution >= 0.6 is 23.4 Å². The van der Waals surface area contributed by atoms with Crippen molar-refractivity contribution in [1.29, 1.82) is 0 Å². The van der Waals surface area contributed by atoms with Crippen LogP contribution in [0, 0.1) is 0 Å². The Morgan fingerprint density at radius 2 is 2.12 bits per heavy atom. The second kappa shape index (κ2) is 10.4. The molecule has 7 nitrogen and oxygen atoms in total. The summed E-state index contributed by atoms with van der Waals surface area (Å²) in [5, 5.41) is 3.37. The van der Waals surface area contributed by atoms with E-state index in [9.17, 15) is 9.59 Å². The van der Waals surface area contributed by atoms with Gasteiger partial charge in [-0.15, -0.1) is 0 Å². The Morgan fingerprint density at radius 3 is 2.81 bits per heavy atom. The van der Waals surface area contributed by atoms with Crippen LogP contribution in [0.25, 0.3) is 0 Å². The number of halogens is 1. The van der Waals surface area contributed by atoms with Crippen LogP contribution in [0.5, 0.6) is 5.75 Å². The van der Waals surface area contributed by atoms with Gasteiger partial charge in [0.05, 0.1) is 25.4 Å². The molecule has 2 heterocycles. The van der Waals surface area contributed by atoms with E-state index >= 15 is 0 Å². The second-order valence-electron chi connectivity index (χ2n) is 7.55. The molecule has 2 aliphatic rings. The van der Waals surface area contributed by atoms with E-state index in [0.29, 0.717) is 34.7 Å². The molecule has 2 amide bonds. The van der Waals surface area contributed by atoms with Gasteiger partial charge in [-0.25, -0.2) is 4.99 Å². The van der Waals surface area contributed by atoms with Gasteiger partial charge in [-0.1, -0.05) is 29.4 Å². The van der Waals surface area contributed by atoms with Gasteiger partial charge in [0.1, 0.15) is 11.0 Å². The number of nitrogens with zero attached hydrogens (tertiary/aromatic N) is 2. The lowest BCUT2D eigenvalue weighted by Crippen LogP contribution is -2.38. The van der Waals surface area contributed by atoms with Crippen molar-refractivity contribution in [2.45, 2.75) is 30.6 Å². The molecule has 0 aliphatic carbocycles. The van der Waals surface area contributed by atoms with E-state index in [1.165, 1.54) is 11.8 Å². The predicted octanol–water partition coefficient (Wildman–Crippen LogP) is 4.49. The largest absolute Gasteiger partial charge is 0.497 e. The molecule has 4 rings (SSSR count). The summed E-state index contributed by atoms with van der Waals surface area (Å²) in [5.74, 6) is 0.357. The van der Waals surface area contributed by atoms with Crippen molar-refractivity contribution >= 4 is 51.7 Å². The number of methoxy groups -OCH3 is 1. The number of amides is 2. The Labute approximate surface area is 196 Å². The van der Waals surface area contributed by atoms with E-state index in [2.05, 4.69) is 10.3 Å². The zero-order valence-corrected chi connectivity index (χ0v) is 19.2. The molecular formula is C23H24ClN3O4S. The van der Waals surface area contributed by atoms with E-state index in [0.717, 1.165) is 18.6 Å². The molecule has 0 spiro atoms. The fourth-order valence-electron chi connectivity index (χ4n) is 3.60. The lowest BCUT2D eigenvalue weighted by molar-refractivity contribution is -0.129. The normalized spacial score (nSPS) is 21.9. The topological polar surface area (TPSA) is 80.2 Å². The minimum atomic E-state index is -0.549. The summed E-state index contributed by atoms with van der Waals surface area (Å²) in [7, 11) is 1.61. The third-order valence-electron chi connectivity index (χ3n) is 5.21. The Morgan fingerprint density at radius 1 is 1.31 bits per heavy atom. The maximum Gasteiger partial charge on any atom is 0.242 e. The molecule has 2 atom stereocenters. The SMILES string of the molecule is COc1ccc(N=C2S[C@@H](CC(=O)Nc3cccc(Cl)c3)C(=O)N2C[C@H]2CCCO2)cc1. The fraction of sp³-hybridized carbons (Fsp3) is 0.348. The third kappa shape index (κ3) is 5.62. The van der Waals surface area contributed by atoms with E-state index in [1.54, 1.807) is 36.3 Å². The molecule has 2 saturated heterocycles. The van der Waals surface area contributed by atoms with Crippen LogP contribution in [0.3, 0.4) is 0 Å². The first-order valence-corrected chi connectivity index (χ1v) is 11.7. The van der Waals surface area contributed by atoms with Gasteiger partial charge >= 0.3 is 0 Å². The summed E-state index contributed by atoms with van der Waals surface area (Å²) in [5.41, 5.74) is 1.31. The number of carbonyl (C=O) groups is 2. The van der Waals surface area contributed by atoms with Crippen molar-refractivity contribution in [2.24, 2.45) is 4.99 Å². The zero-order chi connectivity index (χ0) is 22.5. The highest BCUT2D eigenvalue weighted by molar-refractivity contribution is 8.15. The first-order valence-electron chi connectivity index (χ1n) is 10.4. The minimum Gasteiger partial charge on any atom is -0.497 e. The van der Waals surface area contributed by atoms with Crippen molar-refractivity contribution in [2.75, 3.05) is 25.6 Å². The van der Waals surface area contributed by atoms with Crippen molar-refractivity contribution in [3.8, 4) is 5.75 Å². The molecule has 0 aromatic heterocycles. The van der Waals surface area contributed by atoms with Crippen molar-refractivity contribution in [3.05, 3.63) is 53.6 Å². The molecule has 168 valence electrons. The molecule has 2 fully saturated rings. The zero-order valence-electron chi connectivity index (χ0n) is 17.6. The monoisotopic (exact) mass is 473 g/mol. The summed E-state index contributed by atoms with van der Waals surface area (Å²) in [6, 6.07) is 14.2. The first kappa shape index (κ1) is 22.6. The smallest absolute Gasteiger partial charge is 0.242 e. The molecule has 0 radical (unpaired) electrons. The van der Waals surface area contributed by atoms with E-state index < -0.39 is 5.25 Å². The maximum atomic E-state index is 13.2. The quantitative estimate of drug-likeness (QED) is 0.641. The fourth-order valence-corrected chi connectivity index (χ4v) is 4.96. The number of carbonyl (C=O) groups excluding carboxylic acids is 2. The Kier molecular flexibility index (Phi) is 7.34. The van der Waals surface area contributed by atoms with Crippen LogP contribution in [0.4, 0.5) is 11.4 Å². The Balaban J connectivity index is 1.49. The molecule has 32 heavy (non-hydrogen) atoms. The molecule has 2 aliphatic heterocycles. The van der Waals surface area contributed by atoms with Gasteiger partial charge in [0.15, 0.2) is 5.17 Å². The van der Waals surface area contributed by atoms with E-state index in [1.807, 2.05) is 24.3 Å². The maximum absolute atomic E-state index is 13.2. The molecule has 2 aromatic rings. The number of ether oxygens (including phenoxy) is 2. The van der Waals surface area contributed by atoms with Crippen molar-refractivity contribution < 1.29 is 19.1 Å². The number of hydrogen-bond donors (Lipinski definition) is 1. The van der Waals surface area contributed by atoms with Crippen molar-refractivity contribution in [3.63, 3.8) is 0 Å². The Bertz CT molecular complexity index is 1010. The van der Waals surface area contributed by atoms with E-state index in [4.69, 9.17) is 21.1 Å². The molecular weight excluding hydrogens is 450 g/mol. The summed E-state index contributed by atoms with van der Waals surface area (Å²) in [6.07, 6.45) is 1.92. The highest BCUT2D eigenvalue weighted by Crippen LogP contribution is 2.33. The average molecular weight is 474 g/mol. The second-order valence-corrected chi connectivity index (χ2v) is 9.15. The molecule has 0 unspecified atom stereocenters. The summed E-state index contributed by atoms with van der Waals surface area (Å²) < 4.78 is 10.9. The van der Waals surface area contributed by atoms with Gasteiger partial charge < -0.3 is 14.8 Å². The molecule has 9 heteroatoms. The number of amidine groups is 1. The van der Waals surface area contributed by atoms with Gasteiger partial charge in [-0.2, -0.15) is 0 Å². The summed E-state index contributed by atoms with van der Waals surface area (Å²) in [6.45, 7) is 1.14. The van der Waals surface area contributed by atoms with Gasteiger partial charge in [0.2, 0.25) is 11.8 Å². The van der Waals surface area contributed by atoms with Gasteiger partial charge in [0.25, 0.3) is 0 Å². The minimum absolute atomic E-state index is 0.0142. The van der Waals surface area contributed by atoms with Crippen LogP contribution in [0.15, 0.2) is 53.5 Å².